The van der Waals surface area contributed by atoms with Crippen molar-refractivity contribution in [2.75, 3.05) is 18.1 Å². The molecule has 1 atom stereocenters. The Hall–Kier alpha value is -3.31. The summed E-state index contributed by atoms with van der Waals surface area (Å²) in [5, 5.41) is 0.633. The van der Waals surface area contributed by atoms with E-state index in [2.05, 4.69) is 10.6 Å². The Bertz CT molecular complexity index is 1250. The fraction of sp³-hybridized carbons (Fsp3) is 0.259. The molecule has 168 valence electrons. The van der Waals surface area contributed by atoms with Crippen LogP contribution in [0, 0.1) is 0 Å². The number of imidazole rings is 1. The number of carbonyl (C=O) groups is 1. The van der Waals surface area contributed by atoms with E-state index in [-0.39, 0.29) is 11.8 Å². The number of hydrogen-bond donors (Lipinski definition) is 0. The van der Waals surface area contributed by atoms with Crippen LogP contribution in [-0.2, 0) is 11.3 Å². The molecule has 1 unspecified atom stereocenters. The van der Waals surface area contributed by atoms with Crippen LogP contribution in [0.1, 0.15) is 31.0 Å². The third-order valence-corrected chi connectivity index (χ3v) is 6.32. The number of ether oxygens (including phenoxy) is 1. The first-order valence-electron chi connectivity index (χ1n) is 11.4. The van der Waals surface area contributed by atoms with Gasteiger partial charge in [-0.2, -0.15) is 0 Å². The summed E-state index contributed by atoms with van der Waals surface area (Å²) in [6.07, 6.45) is 2.37. The van der Waals surface area contributed by atoms with Crippen LogP contribution in [0.15, 0.2) is 78.9 Å². The number of fused-ring (bicyclic) bond motifs is 1. The molecule has 0 radical (unpaired) electrons. The molecule has 1 aliphatic heterocycles. The Morgan fingerprint density at radius 3 is 2.64 bits per heavy atom. The van der Waals surface area contributed by atoms with Gasteiger partial charge in [0.25, 0.3) is 0 Å². The average Bonchev–Trinajstić information content (AvgIpc) is 3.40. The third-order valence-electron chi connectivity index (χ3n) is 6.08. The third kappa shape index (κ3) is 4.74. The highest BCUT2D eigenvalue weighted by Gasteiger charge is 2.34. The number of halogens is 1. The van der Waals surface area contributed by atoms with Gasteiger partial charge in [-0.15, -0.1) is 0 Å². The monoisotopic (exact) mass is 459 g/mol. The molecule has 33 heavy (non-hydrogen) atoms. The standard InChI is InChI=1S/C27H26ClN3O2/c28-21-9-8-10-22(18-21)31-19-20(17-26(31)32)27-29-24-13-4-5-14-25(24)30(27)15-6-7-16-33-23-11-2-1-3-12-23/h1-5,8-14,18,20H,6-7,15-17,19H2. The van der Waals surface area contributed by atoms with Crippen LogP contribution in [0.25, 0.3) is 11.0 Å². The summed E-state index contributed by atoms with van der Waals surface area (Å²) in [5.41, 5.74) is 2.93. The molecule has 6 heteroatoms. The number of carbonyl (C=O) groups excluding carboxylic acids is 1. The van der Waals surface area contributed by atoms with Crippen LogP contribution in [0.4, 0.5) is 5.69 Å². The molecule has 2 heterocycles. The van der Waals surface area contributed by atoms with Gasteiger partial charge in [0.1, 0.15) is 11.6 Å². The lowest BCUT2D eigenvalue weighted by atomic mass is 10.1. The first-order chi connectivity index (χ1) is 16.2. The van der Waals surface area contributed by atoms with Gasteiger partial charge < -0.3 is 14.2 Å². The van der Waals surface area contributed by atoms with Gasteiger partial charge in [0, 0.05) is 36.1 Å². The molecule has 0 saturated carbocycles. The van der Waals surface area contributed by atoms with Crippen molar-refractivity contribution in [1.82, 2.24) is 9.55 Å². The molecule has 1 saturated heterocycles. The van der Waals surface area contributed by atoms with Gasteiger partial charge in [-0.25, -0.2) is 4.98 Å². The van der Waals surface area contributed by atoms with Gasteiger partial charge in [-0.1, -0.05) is 48.0 Å². The molecule has 1 aliphatic rings. The van der Waals surface area contributed by atoms with Gasteiger partial charge in [-0.05, 0) is 55.3 Å². The van der Waals surface area contributed by atoms with Crippen LogP contribution in [-0.4, -0.2) is 28.6 Å². The molecule has 0 N–H and O–H groups in total. The molecule has 5 nitrogen and oxygen atoms in total. The second-order valence-corrected chi connectivity index (χ2v) is 8.80. The largest absolute Gasteiger partial charge is 0.494 e. The summed E-state index contributed by atoms with van der Waals surface area (Å²) in [6, 6.07) is 25.6. The van der Waals surface area contributed by atoms with E-state index < -0.39 is 0 Å². The zero-order valence-corrected chi connectivity index (χ0v) is 19.1. The maximum absolute atomic E-state index is 12.9. The first kappa shape index (κ1) is 21.5. The SMILES string of the molecule is O=C1CC(c2nc3ccccc3n2CCCCOc2ccccc2)CN1c1cccc(Cl)c1. The van der Waals surface area contributed by atoms with E-state index in [1.807, 2.05) is 77.7 Å². The summed E-state index contributed by atoms with van der Waals surface area (Å²) < 4.78 is 8.13. The second kappa shape index (κ2) is 9.67. The van der Waals surface area contributed by atoms with Crippen LogP contribution >= 0.6 is 11.6 Å². The van der Waals surface area contributed by atoms with E-state index in [0.29, 0.717) is 24.6 Å². The Morgan fingerprint density at radius 1 is 0.970 bits per heavy atom. The molecule has 4 aromatic rings. The number of para-hydroxylation sites is 3. The first-order valence-corrected chi connectivity index (χ1v) is 11.8. The fourth-order valence-corrected chi connectivity index (χ4v) is 4.68. The number of rotatable bonds is 8. The van der Waals surface area contributed by atoms with E-state index in [9.17, 15) is 4.79 Å². The van der Waals surface area contributed by atoms with E-state index in [4.69, 9.17) is 21.3 Å². The molecule has 0 spiro atoms. The smallest absolute Gasteiger partial charge is 0.227 e. The number of anilines is 1. The quantitative estimate of drug-likeness (QED) is 0.300. The Labute approximate surface area is 198 Å². The minimum absolute atomic E-state index is 0.0458. The predicted octanol–water partition coefficient (Wildman–Crippen LogP) is 6.07. The summed E-state index contributed by atoms with van der Waals surface area (Å²) in [6.45, 7) is 2.13. The van der Waals surface area contributed by atoms with Crippen LogP contribution in [0.3, 0.4) is 0 Å². The number of unbranched alkanes of at least 4 members (excludes halogenated alkanes) is 1. The number of aryl methyl sites for hydroxylation is 1. The summed E-state index contributed by atoms with van der Waals surface area (Å²) >= 11 is 6.16. The molecular formula is C27H26ClN3O2. The van der Waals surface area contributed by atoms with Crippen molar-refractivity contribution in [1.29, 1.82) is 0 Å². The van der Waals surface area contributed by atoms with Gasteiger partial charge >= 0.3 is 0 Å². The lowest BCUT2D eigenvalue weighted by Gasteiger charge is -2.18. The number of nitrogens with zero attached hydrogens (tertiary/aromatic N) is 3. The minimum atomic E-state index is 0.0458. The summed E-state index contributed by atoms with van der Waals surface area (Å²) in [5.74, 6) is 2.04. The fourth-order valence-electron chi connectivity index (χ4n) is 4.49. The lowest BCUT2D eigenvalue weighted by molar-refractivity contribution is -0.117. The Balaban J connectivity index is 1.31. The molecule has 3 aromatic carbocycles. The molecule has 1 amide bonds. The molecule has 0 bridgehead atoms. The van der Waals surface area contributed by atoms with Crippen molar-refractivity contribution in [2.24, 2.45) is 0 Å². The summed E-state index contributed by atoms with van der Waals surface area (Å²) in [4.78, 5) is 19.6. The highest BCUT2D eigenvalue weighted by Crippen LogP contribution is 2.34. The number of amides is 1. The van der Waals surface area contributed by atoms with Crippen LogP contribution in [0.5, 0.6) is 5.75 Å². The maximum atomic E-state index is 12.9. The van der Waals surface area contributed by atoms with Gasteiger partial charge in [0.05, 0.1) is 17.6 Å². The molecule has 1 aromatic heterocycles. The van der Waals surface area contributed by atoms with E-state index in [1.165, 1.54) is 0 Å². The van der Waals surface area contributed by atoms with E-state index in [1.54, 1.807) is 0 Å². The Kier molecular flexibility index (Phi) is 6.31. The average molecular weight is 460 g/mol. The van der Waals surface area contributed by atoms with Gasteiger partial charge in [-0.3, -0.25) is 4.79 Å². The number of hydrogen-bond acceptors (Lipinski definition) is 3. The normalized spacial score (nSPS) is 16.0. The highest BCUT2D eigenvalue weighted by atomic mass is 35.5. The van der Waals surface area contributed by atoms with Crippen molar-refractivity contribution < 1.29 is 9.53 Å². The van der Waals surface area contributed by atoms with Crippen molar-refractivity contribution in [3.05, 3.63) is 89.7 Å². The van der Waals surface area contributed by atoms with Crippen molar-refractivity contribution in [3.8, 4) is 5.75 Å². The highest BCUT2D eigenvalue weighted by molar-refractivity contribution is 6.30. The maximum Gasteiger partial charge on any atom is 0.227 e. The van der Waals surface area contributed by atoms with Crippen molar-refractivity contribution in [3.63, 3.8) is 0 Å². The molecular weight excluding hydrogens is 434 g/mol. The zero-order chi connectivity index (χ0) is 22.6. The minimum Gasteiger partial charge on any atom is -0.494 e. The zero-order valence-electron chi connectivity index (χ0n) is 18.4. The van der Waals surface area contributed by atoms with Crippen molar-refractivity contribution >= 4 is 34.2 Å². The lowest BCUT2D eigenvalue weighted by Crippen LogP contribution is -2.24. The number of benzene rings is 3. The van der Waals surface area contributed by atoms with Crippen LogP contribution in [0.2, 0.25) is 5.02 Å². The predicted molar refractivity (Wildman–Crippen MR) is 132 cm³/mol. The Morgan fingerprint density at radius 2 is 1.79 bits per heavy atom. The molecule has 5 rings (SSSR count). The second-order valence-electron chi connectivity index (χ2n) is 8.36. The molecule has 1 fully saturated rings. The van der Waals surface area contributed by atoms with Gasteiger partial charge in [0.2, 0.25) is 5.91 Å². The molecule has 0 aliphatic carbocycles. The van der Waals surface area contributed by atoms with E-state index in [0.717, 1.165) is 47.7 Å². The summed E-state index contributed by atoms with van der Waals surface area (Å²) in [7, 11) is 0. The topological polar surface area (TPSA) is 47.4 Å². The number of aromatic nitrogens is 2. The van der Waals surface area contributed by atoms with E-state index >= 15 is 0 Å². The van der Waals surface area contributed by atoms with Gasteiger partial charge in [0.15, 0.2) is 0 Å². The van der Waals surface area contributed by atoms with Crippen molar-refractivity contribution in [2.45, 2.75) is 31.7 Å². The van der Waals surface area contributed by atoms with Crippen LogP contribution < -0.4 is 9.64 Å².